The van der Waals surface area contributed by atoms with E-state index in [1.165, 1.54) is 25.2 Å². The van der Waals surface area contributed by atoms with Crippen LogP contribution in [0.15, 0.2) is 65.0 Å². The highest BCUT2D eigenvalue weighted by Gasteiger charge is 2.31. The van der Waals surface area contributed by atoms with Crippen LogP contribution in [0.25, 0.3) is 0 Å². The number of oxime groups is 1. The molecular weight excluding hydrogens is 452 g/mol. The number of ketones is 1. The molecule has 0 aromatic heterocycles. The predicted octanol–water partition coefficient (Wildman–Crippen LogP) is 7.20. The number of aliphatic hydroxyl groups excluding tert-OH is 1. The molecule has 0 heterocycles. The van der Waals surface area contributed by atoms with Crippen molar-refractivity contribution in [3.05, 3.63) is 71.0 Å². The van der Waals surface area contributed by atoms with Crippen molar-refractivity contribution in [2.24, 2.45) is 5.16 Å². The third kappa shape index (κ3) is 8.52. The molecule has 1 atom stereocenters. The van der Waals surface area contributed by atoms with Crippen LogP contribution in [-0.2, 0) is 9.63 Å². The van der Waals surface area contributed by atoms with Crippen molar-refractivity contribution in [3.63, 3.8) is 0 Å². The molecule has 1 unspecified atom stereocenters. The zero-order valence-corrected chi connectivity index (χ0v) is 22.7. The summed E-state index contributed by atoms with van der Waals surface area (Å²) in [5.74, 6) is 1.34. The van der Waals surface area contributed by atoms with Gasteiger partial charge in [-0.2, -0.15) is 0 Å². The molecule has 0 fully saturated rings. The molecule has 0 bridgehead atoms. The van der Waals surface area contributed by atoms with Crippen LogP contribution in [0.1, 0.15) is 70.9 Å². The SMILES string of the molecule is CCN(CC)CC.CCON=C(CC)C1=C(O)CC(c2cccc(Oc3ccc(C)cc3)c2)CC1=O. The number of ether oxygens (including phenoxy) is 1. The van der Waals surface area contributed by atoms with Crippen LogP contribution < -0.4 is 4.74 Å². The molecule has 2 aromatic carbocycles. The van der Waals surface area contributed by atoms with Crippen LogP contribution in [0.4, 0.5) is 0 Å². The highest BCUT2D eigenvalue weighted by molar-refractivity contribution is 6.23. The molecule has 2 aromatic rings. The van der Waals surface area contributed by atoms with E-state index in [9.17, 15) is 9.90 Å². The molecule has 6 nitrogen and oxygen atoms in total. The monoisotopic (exact) mass is 494 g/mol. The van der Waals surface area contributed by atoms with Crippen molar-refractivity contribution in [1.82, 2.24) is 4.90 Å². The second-order valence-corrected chi connectivity index (χ2v) is 8.77. The summed E-state index contributed by atoms with van der Waals surface area (Å²) in [6.07, 6.45) is 1.23. The van der Waals surface area contributed by atoms with E-state index < -0.39 is 0 Å². The molecule has 0 amide bonds. The molecule has 1 aliphatic rings. The number of aryl methyl sites for hydroxylation is 1. The number of Topliss-reactive ketones (excluding diaryl/α,β-unsaturated/α-hetero) is 1. The summed E-state index contributed by atoms with van der Waals surface area (Å²) in [7, 11) is 0. The number of benzene rings is 2. The Kier molecular flexibility index (Phi) is 12.2. The number of rotatable bonds is 10. The Balaban J connectivity index is 0.000000572. The lowest BCUT2D eigenvalue weighted by molar-refractivity contribution is -0.116. The molecule has 0 saturated carbocycles. The van der Waals surface area contributed by atoms with Gasteiger partial charge in [0.25, 0.3) is 0 Å². The van der Waals surface area contributed by atoms with Crippen LogP contribution in [-0.4, -0.2) is 47.7 Å². The summed E-state index contributed by atoms with van der Waals surface area (Å²) in [6.45, 7) is 16.3. The molecule has 0 radical (unpaired) electrons. The summed E-state index contributed by atoms with van der Waals surface area (Å²) in [5.41, 5.74) is 2.95. The lowest BCUT2D eigenvalue weighted by atomic mass is 9.81. The van der Waals surface area contributed by atoms with Gasteiger partial charge in [-0.1, -0.05) is 62.7 Å². The van der Waals surface area contributed by atoms with E-state index in [-0.39, 0.29) is 17.5 Å². The van der Waals surface area contributed by atoms with Crippen molar-refractivity contribution >= 4 is 11.5 Å². The van der Waals surface area contributed by atoms with E-state index >= 15 is 0 Å². The van der Waals surface area contributed by atoms with Gasteiger partial charge in [-0.25, -0.2) is 0 Å². The van der Waals surface area contributed by atoms with Gasteiger partial charge in [-0.05, 0) is 75.6 Å². The summed E-state index contributed by atoms with van der Waals surface area (Å²) in [5, 5.41) is 14.6. The Morgan fingerprint density at radius 2 is 1.64 bits per heavy atom. The average molecular weight is 495 g/mol. The molecular formula is C30H42N2O4. The number of allylic oxidation sites excluding steroid dienone is 2. The third-order valence-corrected chi connectivity index (χ3v) is 6.29. The van der Waals surface area contributed by atoms with E-state index in [2.05, 4.69) is 30.8 Å². The van der Waals surface area contributed by atoms with Crippen molar-refractivity contribution in [3.8, 4) is 11.5 Å². The lowest BCUT2D eigenvalue weighted by Gasteiger charge is -2.24. The zero-order chi connectivity index (χ0) is 26.5. The van der Waals surface area contributed by atoms with Crippen LogP contribution in [0.2, 0.25) is 0 Å². The summed E-state index contributed by atoms with van der Waals surface area (Å²) < 4.78 is 5.94. The van der Waals surface area contributed by atoms with Crippen LogP contribution in [0.5, 0.6) is 11.5 Å². The van der Waals surface area contributed by atoms with Gasteiger partial charge in [0.1, 0.15) is 23.9 Å². The van der Waals surface area contributed by atoms with Crippen molar-refractivity contribution in [1.29, 1.82) is 0 Å². The summed E-state index contributed by atoms with van der Waals surface area (Å²) in [6, 6.07) is 15.6. The highest BCUT2D eigenvalue weighted by Crippen LogP contribution is 2.36. The molecule has 6 heteroatoms. The predicted molar refractivity (Wildman–Crippen MR) is 147 cm³/mol. The maximum absolute atomic E-state index is 12.8. The van der Waals surface area contributed by atoms with E-state index in [0.29, 0.717) is 42.9 Å². The number of carbonyl (C=O) groups excluding carboxylic acids is 1. The number of hydrogen-bond acceptors (Lipinski definition) is 6. The van der Waals surface area contributed by atoms with Gasteiger partial charge in [-0.3, -0.25) is 4.79 Å². The number of carbonyl (C=O) groups is 1. The first kappa shape index (κ1) is 29.1. The Morgan fingerprint density at radius 3 is 2.17 bits per heavy atom. The molecule has 0 spiro atoms. The molecule has 0 aliphatic heterocycles. The van der Waals surface area contributed by atoms with Crippen molar-refractivity contribution < 1.29 is 19.5 Å². The molecule has 0 saturated heterocycles. The fourth-order valence-electron chi connectivity index (χ4n) is 4.13. The van der Waals surface area contributed by atoms with Gasteiger partial charge in [0.05, 0.1) is 11.3 Å². The first-order valence-corrected chi connectivity index (χ1v) is 13.1. The fraction of sp³-hybridized carbons (Fsp3) is 0.467. The average Bonchev–Trinajstić information content (AvgIpc) is 2.88. The van der Waals surface area contributed by atoms with Crippen LogP contribution in [0.3, 0.4) is 0 Å². The minimum atomic E-state index is -0.107. The van der Waals surface area contributed by atoms with E-state index in [4.69, 9.17) is 9.57 Å². The minimum absolute atomic E-state index is 0.0800. The lowest BCUT2D eigenvalue weighted by Crippen LogP contribution is -2.23. The zero-order valence-electron chi connectivity index (χ0n) is 22.7. The number of nitrogens with zero attached hydrogens (tertiary/aromatic N) is 2. The smallest absolute Gasteiger partial charge is 0.168 e. The van der Waals surface area contributed by atoms with E-state index in [1.807, 2.05) is 69.3 Å². The summed E-state index contributed by atoms with van der Waals surface area (Å²) >= 11 is 0. The Morgan fingerprint density at radius 1 is 0.972 bits per heavy atom. The van der Waals surface area contributed by atoms with Gasteiger partial charge in [0.15, 0.2) is 5.78 Å². The van der Waals surface area contributed by atoms with Gasteiger partial charge >= 0.3 is 0 Å². The quantitative estimate of drug-likeness (QED) is 0.279. The van der Waals surface area contributed by atoms with Gasteiger partial charge in [0, 0.05) is 12.8 Å². The molecule has 1 aliphatic carbocycles. The third-order valence-electron chi connectivity index (χ3n) is 6.29. The van der Waals surface area contributed by atoms with Crippen LogP contribution >= 0.6 is 0 Å². The molecule has 3 rings (SSSR count). The Hall–Kier alpha value is -3.12. The van der Waals surface area contributed by atoms with Crippen molar-refractivity contribution in [2.45, 2.75) is 66.7 Å². The topological polar surface area (TPSA) is 71.4 Å². The first-order valence-electron chi connectivity index (χ1n) is 13.1. The summed E-state index contributed by atoms with van der Waals surface area (Å²) in [4.78, 5) is 20.3. The van der Waals surface area contributed by atoms with Gasteiger partial charge in [-0.15, -0.1) is 0 Å². The Bertz CT molecular complexity index is 1020. The number of aliphatic hydroxyl groups is 1. The molecule has 1 N–H and O–H groups in total. The molecule has 196 valence electrons. The second kappa shape index (κ2) is 15.1. The minimum Gasteiger partial charge on any atom is -0.511 e. The normalized spacial score (nSPS) is 16.0. The maximum atomic E-state index is 12.8. The fourth-order valence-corrected chi connectivity index (χ4v) is 4.13. The first-order chi connectivity index (χ1) is 17.4. The largest absolute Gasteiger partial charge is 0.511 e. The van der Waals surface area contributed by atoms with Crippen LogP contribution in [0, 0.1) is 6.92 Å². The highest BCUT2D eigenvalue weighted by atomic mass is 16.6. The van der Waals surface area contributed by atoms with E-state index in [1.54, 1.807) is 0 Å². The Labute approximate surface area is 216 Å². The molecule has 36 heavy (non-hydrogen) atoms. The standard InChI is InChI=1S/C24H27NO4.C6H15N/c1-4-21(25-28-5-2)24-22(26)14-18(15-23(24)27)17-7-6-8-20(13-17)29-19-11-9-16(3)10-12-19;1-4-7(5-2)6-3/h6-13,18,26H,4-5,14-15H2,1-3H3;4-6H2,1-3H3. The maximum Gasteiger partial charge on any atom is 0.168 e. The van der Waals surface area contributed by atoms with Crippen molar-refractivity contribution in [2.75, 3.05) is 26.2 Å². The van der Waals surface area contributed by atoms with Gasteiger partial charge < -0.3 is 19.6 Å². The second-order valence-electron chi connectivity index (χ2n) is 8.77. The number of hydrogen-bond donors (Lipinski definition) is 1. The van der Waals surface area contributed by atoms with E-state index in [0.717, 1.165) is 11.3 Å². The van der Waals surface area contributed by atoms with Gasteiger partial charge in [0.2, 0.25) is 0 Å².